The number of ether oxygens (including phenoxy) is 2. The summed E-state index contributed by atoms with van der Waals surface area (Å²) in [4.78, 5) is 29.0. The van der Waals surface area contributed by atoms with Crippen molar-refractivity contribution in [1.82, 2.24) is 19.6 Å². The lowest BCUT2D eigenvalue weighted by atomic mass is 10.1. The van der Waals surface area contributed by atoms with Crippen LogP contribution in [0.15, 0.2) is 59.3 Å². The molecular formula is C28H32BrClN4O4. The van der Waals surface area contributed by atoms with Crippen LogP contribution in [0, 0.1) is 0 Å². The van der Waals surface area contributed by atoms with E-state index in [-0.39, 0.29) is 18.0 Å². The number of carbonyl (C=O) groups excluding carboxylic acids is 2. The number of hydrogen-bond acceptors (Lipinski definition) is 5. The molecule has 1 aromatic heterocycles. The Bertz CT molecular complexity index is 1300. The van der Waals surface area contributed by atoms with Crippen LogP contribution in [0.4, 0.5) is 4.79 Å². The Morgan fingerprint density at radius 1 is 1.16 bits per heavy atom. The van der Waals surface area contributed by atoms with Crippen molar-refractivity contribution in [3.63, 3.8) is 0 Å². The van der Waals surface area contributed by atoms with E-state index in [1.165, 1.54) is 0 Å². The third-order valence-corrected chi connectivity index (χ3v) is 6.87. The lowest BCUT2D eigenvalue weighted by molar-refractivity contribution is 0.0184. The summed E-state index contributed by atoms with van der Waals surface area (Å²) in [6, 6.07) is 13.0. The number of halogens is 2. The first-order chi connectivity index (χ1) is 18.0. The average molecular weight is 604 g/mol. The summed E-state index contributed by atoms with van der Waals surface area (Å²) in [5, 5.41) is 5.05. The Morgan fingerprint density at radius 3 is 2.58 bits per heavy atom. The van der Waals surface area contributed by atoms with Crippen LogP contribution in [0.25, 0.3) is 0 Å². The second-order valence-corrected chi connectivity index (χ2v) is 11.7. The summed E-state index contributed by atoms with van der Waals surface area (Å²) in [5.74, 6) is 1.11. The standard InChI is InChI=1S/C28H32BrClN4O4/c1-28(2,3)38-27(36)33-12-10-23(11-13-33)34-18-20(16-31-34)26(35)32(4)17-19-8-9-21(29)14-25(19)37-24-7-5-6-22(30)15-24/h5-9,14-16,18,23H,10-13,17H2,1-4H3. The Kier molecular flexibility index (Phi) is 8.67. The molecule has 3 aromatic rings. The molecule has 0 unspecified atom stereocenters. The van der Waals surface area contributed by atoms with E-state index in [1.54, 1.807) is 41.4 Å². The number of amides is 2. The van der Waals surface area contributed by atoms with E-state index in [0.29, 0.717) is 41.7 Å². The highest BCUT2D eigenvalue weighted by Gasteiger charge is 2.28. The van der Waals surface area contributed by atoms with Crippen LogP contribution >= 0.6 is 27.5 Å². The number of rotatable bonds is 6. The molecule has 1 aliphatic heterocycles. The lowest BCUT2D eigenvalue weighted by Gasteiger charge is -2.33. The number of benzene rings is 2. The third-order valence-electron chi connectivity index (χ3n) is 6.15. The maximum atomic E-state index is 13.2. The number of likely N-dealkylation sites (tertiary alicyclic amines) is 1. The van der Waals surface area contributed by atoms with E-state index >= 15 is 0 Å². The van der Waals surface area contributed by atoms with Crippen LogP contribution in [0.3, 0.4) is 0 Å². The molecule has 0 atom stereocenters. The van der Waals surface area contributed by atoms with Gasteiger partial charge in [0.1, 0.15) is 17.1 Å². The molecule has 38 heavy (non-hydrogen) atoms. The Balaban J connectivity index is 1.38. The number of nitrogens with zero attached hydrogens (tertiary/aromatic N) is 4. The molecule has 2 amide bonds. The number of carbonyl (C=O) groups is 2. The SMILES string of the molecule is CN(Cc1ccc(Br)cc1Oc1cccc(Cl)c1)C(=O)c1cnn(C2CCN(C(=O)OC(C)(C)C)CC2)c1. The Morgan fingerprint density at radius 2 is 1.89 bits per heavy atom. The molecular weight excluding hydrogens is 572 g/mol. The van der Waals surface area contributed by atoms with Crippen molar-refractivity contribution >= 4 is 39.5 Å². The van der Waals surface area contributed by atoms with Crippen molar-refractivity contribution in [2.75, 3.05) is 20.1 Å². The quantitative estimate of drug-likeness (QED) is 0.305. The lowest BCUT2D eigenvalue weighted by Crippen LogP contribution is -2.42. The first-order valence-corrected chi connectivity index (χ1v) is 13.6. The zero-order valence-corrected chi connectivity index (χ0v) is 24.3. The molecule has 2 aromatic carbocycles. The van der Waals surface area contributed by atoms with Crippen LogP contribution in [-0.4, -0.2) is 57.3 Å². The van der Waals surface area contributed by atoms with Gasteiger partial charge in [-0.2, -0.15) is 5.10 Å². The maximum Gasteiger partial charge on any atom is 0.410 e. The van der Waals surface area contributed by atoms with Gasteiger partial charge in [-0.25, -0.2) is 4.79 Å². The maximum absolute atomic E-state index is 13.2. The van der Waals surface area contributed by atoms with Crippen LogP contribution < -0.4 is 4.74 Å². The minimum Gasteiger partial charge on any atom is -0.457 e. The topological polar surface area (TPSA) is 76.9 Å². The molecule has 202 valence electrons. The van der Waals surface area contributed by atoms with Crippen LogP contribution in [0.2, 0.25) is 5.02 Å². The fraction of sp³-hybridized carbons (Fsp3) is 0.393. The van der Waals surface area contributed by atoms with Gasteiger partial charge in [0.2, 0.25) is 0 Å². The number of aromatic nitrogens is 2. The monoisotopic (exact) mass is 602 g/mol. The summed E-state index contributed by atoms with van der Waals surface area (Å²) in [7, 11) is 1.75. The van der Waals surface area contributed by atoms with Gasteiger partial charge in [0.15, 0.2) is 0 Å². The smallest absolute Gasteiger partial charge is 0.410 e. The van der Waals surface area contributed by atoms with Gasteiger partial charge in [-0.05, 0) is 63.9 Å². The molecule has 0 saturated carbocycles. The molecule has 0 radical (unpaired) electrons. The first kappa shape index (κ1) is 28.0. The van der Waals surface area contributed by atoms with Gasteiger partial charge < -0.3 is 19.3 Å². The highest BCUT2D eigenvalue weighted by Crippen LogP contribution is 2.31. The number of hydrogen-bond donors (Lipinski definition) is 0. The van der Waals surface area contributed by atoms with Crippen LogP contribution in [-0.2, 0) is 11.3 Å². The van der Waals surface area contributed by atoms with E-state index in [2.05, 4.69) is 21.0 Å². The molecule has 8 nitrogen and oxygen atoms in total. The normalized spacial score (nSPS) is 14.3. The summed E-state index contributed by atoms with van der Waals surface area (Å²) < 4.78 is 14.3. The van der Waals surface area contributed by atoms with Crippen molar-refractivity contribution in [1.29, 1.82) is 0 Å². The average Bonchev–Trinajstić information content (AvgIpc) is 3.34. The van der Waals surface area contributed by atoms with Gasteiger partial charge in [0, 0.05) is 47.9 Å². The minimum absolute atomic E-state index is 0.115. The van der Waals surface area contributed by atoms with Crippen LogP contribution in [0.5, 0.6) is 11.5 Å². The van der Waals surface area contributed by atoms with E-state index < -0.39 is 5.60 Å². The molecule has 10 heteroatoms. The Labute approximate surface area is 236 Å². The predicted octanol–water partition coefficient (Wildman–Crippen LogP) is 6.94. The molecule has 0 bridgehead atoms. The fourth-order valence-electron chi connectivity index (χ4n) is 4.25. The van der Waals surface area contributed by atoms with Crippen molar-refractivity contribution < 1.29 is 19.1 Å². The Hall–Kier alpha value is -3.04. The molecule has 1 fully saturated rings. The highest BCUT2D eigenvalue weighted by molar-refractivity contribution is 9.10. The predicted molar refractivity (Wildman–Crippen MR) is 150 cm³/mol. The molecule has 4 rings (SSSR count). The summed E-state index contributed by atoms with van der Waals surface area (Å²) in [6.45, 7) is 7.10. The first-order valence-electron chi connectivity index (χ1n) is 12.5. The van der Waals surface area contributed by atoms with E-state index in [9.17, 15) is 9.59 Å². The second-order valence-electron chi connectivity index (χ2n) is 10.4. The second kappa shape index (κ2) is 11.8. The van der Waals surface area contributed by atoms with Gasteiger partial charge in [-0.3, -0.25) is 9.48 Å². The summed E-state index contributed by atoms with van der Waals surface area (Å²) in [6.07, 6.45) is 4.59. The largest absolute Gasteiger partial charge is 0.457 e. The molecule has 1 aliphatic rings. The van der Waals surface area contributed by atoms with Crippen molar-refractivity contribution in [2.24, 2.45) is 0 Å². The van der Waals surface area contributed by atoms with Gasteiger partial charge in [0.25, 0.3) is 5.91 Å². The third kappa shape index (κ3) is 7.29. The van der Waals surface area contributed by atoms with Crippen molar-refractivity contribution in [3.05, 3.63) is 75.5 Å². The minimum atomic E-state index is -0.518. The van der Waals surface area contributed by atoms with Gasteiger partial charge >= 0.3 is 6.09 Å². The van der Waals surface area contributed by atoms with Gasteiger partial charge in [-0.1, -0.05) is 39.7 Å². The molecule has 2 heterocycles. The zero-order valence-electron chi connectivity index (χ0n) is 22.0. The zero-order chi connectivity index (χ0) is 27.4. The van der Waals surface area contributed by atoms with E-state index in [1.807, 2.05) is 55.8 Å². The van der Waals surface area contributed by atoms with E-state index in [0.717, 1.165) is 22.9 Å². The fourth-order valence-corrected chi connectivity index (χ4v) is 4.77. The molecule has 0 spiro atoms. The van der Waals surface area contributed by atoms with Crippen molar-refractivity contribution in [2.45, 2.75) is 51.8 Å². The highest BCUT2D eigenvalue weighted by atomic mass is 79.9. The van der Waals surface area contributed by atoms with Gasteiger partial charge in [-0.15, -0.1) is 0 Å². The van der Waals surface area contributed by atoms with Gasteiger partial charge in [0.05, 0.1) is 17.8 Å². The van der Waals surface area contributed by atoms with E-state index in [4.69, 9.17) is 21.1 Å². The van der Waals surface area contributed by atoms with Crippen molar-refractivity contribution in [3.8, 4) is 11.5 Å². The summed E-state index contributed by atoms with van der Waals surface area (Å²) >= 11 is 9.60. The summed E-state index contributed by atoms with van der Waals surface area (Å²) in [5.41, 5.74) is 0.845. The molecule has 0 N–H and O–H groups in total. The molecule has 0 aliphatic carbocycles. The number of piperidine rings is 1. The molecule has 1 saturated heterocycles. The van der Waals surface area contributed by atoms with Crippen LogP contribution in [0.1, 0.15) is 55.6 Å².